The summed E-state index contributed by atoms with van der Waals surface area (Å²) in [5.74, 6) is -3.22. The molecule has 0 unspecified atom stereocenters. The number of carboxylic acids is 1. The Labute approximate surface area is 202 Å². The zero-order valence-corrected chi connectivity index (χ0v) is 19.6. The number of nitrogens with zero attached hydrogens (tertiary/aromatic N) is 3. The second-order valence-electron chi connectivity index (χ2n) is 8.94. The second-order valence-corrected chi connectivity index (χ2v) is 9.38. The lowest BCUT2D eigenvalue weighted by molar-refractivity contribution is -0.138. The van der Waals surface area contributed by atoms with Crippen LogP contribution in [0.25, 0.3) is 11.4 Å². The highest BCUT2D eigenvalue weighted by Crippen LogP contribution is 2.33. The Morgan fingerprint density at radius 2 is 1.88 bits per heavy atom. The van der Waals surface area contributed by atoms with E-state index < -0.39 is 18.3 Å². The third-order valence-corrected chi connectivity index (χ3v) is 6.26. The summed E-state index contributed by atoms with van der Waals surface area (Å²) in [6, 6.07) is 12.6. The van der Waals surface area contributed by atoms with Crippen LogP contribution in [0.2, 0.25) is 5.02 Å². The van der Waals surface area contributed by atoms with E-state index in [4.69, 9.17) is 16.7 Å². The zero-order chi connectivity index (χ0) is 24.3. The molecule has 5 nitrogen and oxygen atoms in total. The molecule has 0 amide bonds. The number of carboxylic acid groups (broad SMARTS) is 1. The summed E-state index contributed by atoms with van der Waals surface area (Å²) in [7, 11) is 0. The highest BCUT2D eigenvalue weighted by Gasteiger charge is 2.32. The largest absolute Gasteiger partial charge is 0.481 e. The van der Waals surface area contributed by atoms with Crippen molar-refractivity contribution >= 4 is 17.6 Å². The van der Waals surface area contributed by atoms with Crippen LogP contribution >= 0.6 is 11.6 Å². The summed E-state index contributed by atoms with van der Waals surface area (Å²) in [5.41, 5.74) is 3.11. The number of hydrogen-bond donors (Lipinski definition) is 1. The maximum absolute atomic E-state index is 14.8. The number of fused-ring (bicyclic) bond motifs is 1. The van der Waals surface area contributed by atoms with Crippen molar-refractivity contribution in [1.82, 2.24) is 14.9 Å². The number of alkyl halides is 2. The minimum absolute atomic E-state index is 0.0599. The van der Waals surface area contributed by atoms with Crippen molar-refractivity contribution in [3.63, 3.8) is 0 Å². The summed E-state index contributed by atoms with van der Waals surface area (Å²) in [6.07, 6.45) is 2.27. The Kier molecular flexibility index (Phi) is 7.24. The Morgan fingerprint density at radius 3 is 2.56 bits per heavy atom. The highest BCUT2D eigenvalue weighted by atomic mass is 35.5. The van der Waals surface area contributed by atoms with Crippen molar-refractivity contribution in [3.05, 3.63) is 82.1 Å². The van der Waals surface area contributed by atoms with Crippen LogP contribution in [0, 0.1) is 5.92 Å². The Bertz CT molecular complexity index is 1150. The van der Waals surface area contributed by atoms with Gasteiger partial charge in [-0.1, -0.05) is 54.9 Å². The summed E-state index contributed by atoms with van der Waals surface area (Å²) in [4.78, 5) is 22.3. The predicted molar refractivity (Wildman–Crippen MR) is 127 cm³/mol. The van der Waals surface area contributed by atoms with Crippen molar-refractivity contribution in [2.45, 2.75) is 38.7 Å². The Morgan fingerprint density at radius 1 is 1.18 bits per heavy atom. The predicted octanol–water partition coefficient (Wildman–Crippen LogP) is 5.60. The summed E-state index contributed by atoms with van der Waals surface area (Å²) >= 11 is 5.84. The monoisotopic (exact) mass is 485 g/mol. The lowest BCUT2D eigenvalue weighted by Gasteiger charge is -2.29. The standard InChI is InChI=1S/C26H26ClF2N3O2/c1-17(12-24(33)34)15-32-11-10-23-20(16-32)14-30-25(31-23)19-4-6-21(7-5-19)26(28,29)13-18-2-8-22(27)9-3-18/h2-9,14,17H,10-13,15-16H2,1H3,(H,33,34)/t17-/m1/s1. The molecule has 0 spiro atoms. The number of halogens is 3. The molecule has 8 heteroatoms. The average molecular weight is 486 g/mol. The lowest BCUT2D eigenvalue weighted by Crippen LogP contribution is -2.35. The molecule has 1 N–H and O–H groups in total. The van der Waals surface area contributed by atoms with E-state index in [0.717, 1.165) is 24.2 Å². The van der Waals surface area contributed by atoms with Gasteiger partial charge in [-0.25, -0.2) is 18.7 Å². The van der Waals surface area contributed by atoms with Crippen LogP contribution in [0.3, 0.4) is 0 Å². The van der Waals surface area contributed by atoms with Crippen LogP contribution in [-0.4, -0.2) is 39.0 Å². The van der Waals surface area contributed by atoms with E-state index in [1.165, 1.54) is 12.1 Å². The van der Waals surface area contributed by atoms with Gasteiger partial charge in [0, 0.05) is 66.8 Å². The van der Waals surface area contributed by atoms with Crippen molar-refractivity contribution in [2.75, 3.05) is 13.1 Å². The van der Waals surface area contributed by atoms with Gasteiger partial charge in [0.25, 0.3) is 5.92 Å². The van der Waals surface area contributed by atoms with E-state index in [0.29, 0.717) is 35.1 Å². The first-order valence-corrected chi connectivity index (χ1v) is 11.6. The lowest BCUT2D eigenvalue weighted by atomic mass is 9.99. The molecule has 1 atom stereocenters. The summed E-state index contributed by atoms with van der Waals surface area (Å²) in [6.45, 7) is 4.11. The molecule has 34 heavy (non-hydrogen) atoms. The number of hydrogen-bond acceptors (Lipinski definition) is 4. The van der Waals surface area contributed by atoms with E-state index in [1.807, 2.05) is 6.92 Å². The maximum atomic E-state index is 14.8. The van der Waals surface area contributed by atoms with Gasteiger partial charge < -0.3 is 5.11 Å². The van der Waals surface area contributed by atoms with Crippen molar-refractivity contribution < 1.29 is 18.7 Å². The number of rotatable bonds is 8. The average Bonchev–Trinajstić information content (AvgIpc) is 2.79. The van der Waals surface area contributed by atoms with Gasteiger partial charge in [0.15, 0.2) is 5.82 Å². The molecule has 0 bridgehead atoms. The molecule has 0 fully saturated rings. The Hall–Kier alpha value is -2.90. The van der Waals surface area contributed by atoms with Gasteiger partial charge >= 0.3 is 5.97 Å². The fourth-order valence-electron chi connectivity index (χ4n) is 4.30. The molecular formula is C26H26ClF2N3O2. The number of carbonyl (C=O) groups is 1. The highest BCUT2D eigenvalue weighted by molar-refractivity contribution is 6.30. The zero-order valence-electron chi connectivity index (χ0n) is 18.8. The first kappa shape index (κ1) is 24.2. The fraction of sp³-hybridized carbons (Fsp3) is 0.346. The minimum atomic E-state index is -3.01. The molecule has 1 aliphatic heterocycles. The van der Waals surface area contributed by atoms with Gasteiger partial charge in [0.2, 0.25) is 0 Å². The first-order valence-electron chi connectivity index (χ1n) is 11.2. The minimum Gasteiger partial charge on any atom is -0.481 e. The number of benzene rings is 2. The molecule has 0 saturated heterocycles. The SMILES string of the molecule is C[C@H](CC(=O)O)CN1CCc2nc(-c3ccc(C(F)(F)Cc4ccc(Cl)cc4)cc3)ncc2C1. The topological polar surface area (TPSA) is 66.3 Å². The van der Waals surface area contributed by atoms with Crippen LogP contribution < -0.4 is 0 Å². The van der Waals surface area contributed by atoms with Crippen LogP contribution in [0.1, 0.15) is 35.7 Å². The summed E-state index contributed by atoms with van der Waals surface area (Å²) in [5, 5.41) is 9.48. The molecule has 3 aromatic rings. The van der Waals surface area contributed by atoms with Crippen LogP contribution in [0.15, 0.2) is 54.7 Å². The third-order valence-electron chi connectivity index (χ3n) is 6.01. The van der Waals surface area contributed by atoms with Crippen molar-refractivity contribution in [2.24, 2.45) is 5.92 Å². The van der Waals surface area contributed by atoms with E-state index in [9.17, 15) is 13.6 Å². The smallest absolute Gasteiger partial charge is 0.303 e. The van der Waals surface area contributed by atoms with Crippen LogP contribution in [0.4, 0.5) is 8.78 Å². The van der Waals surface area contributed by atoms with Gasteiger partial charge in [-0.2, -0.15) is 0 Å². The molecule has 1 aromatic heterocycles. The van der Waals surface area contributed by atoms with E-state index in [2.05, 4.69) is 14.9 Å². The van der Waals surface area contributed by atoms with E-state index in [-0.39, 0.29) is 17.9 Å². The van der Waals surface area contributed by atoms with Crippen molar-refractivity contribution in [1.29, 1.82) is 0 Å². The van der Waals surface area contributed by atoms with Gasteiger partial charge in [-0.3, -0.25) is 9.69 Å². The molecule has 178 valence electrons. The van der Waals surface area contributed by atoms with Gasteiger partial charge in [0.1, 0.15) is 0 Å². The quantitative estimate of drug-likeness (QED) is 0.450. The van der Waals surface area contributed by atoms with E-state index in [1.54, 1.807) is 42.6 Å². The molecular weight excluding hydrogens is 460 g/mol. The van der Waals surface area contributed by atoms with E-state index >= 15 is 0 Å². The fourth-order valence-corrected chi connectivity index (χ4v) is 4.42. The Balaban J connectivity index is 1.43. The van der Waals surface area contributed by atoms with Gasteiger partial charge in [-0.15, -0.1) is 0 Å². The second kappa shape index (κ2) is 10.2. The van der Waals surface area contributed by atoms with Crippen molar-refractivity contribution in [3.8, 4) is 11.4 Å². The van der Waals surface area contributed by atoms with Gasteiger partial charge in [0.05, 0.1) is 5.69 Å². The van der Waals surface area contributed by atoms with Crippen LogP contribution in [0.5, 0.6) is 0 Å². The first-order chi connectivity index (χ1) is 16.2. The number of aromatic nitrogens is 2. The normalized spacial score (nSPS) is 15.1. The molecule has 2 aromatic carbocycles. The maximum Gasteiger partial charge on any atom is 0.303 e. The molecule has 4 rings (SSSR count). The van der Waals surface area contributed by atoms with Crippen LogP contribution in [-0.2, 0) is 30.1 Å². The molecule has 0 radical (unpaired) electrons. The third kappa shape index (κ3) is 5.96. The molecule has 0 saturated carbocycles. The van der Waals surface area contributed by atoms with Gasteiger partial charge in [-0.05, 0) is 23.6 Å². The number of aliphatic carboxylic acids is 1. The molecule has 1 aliphatic rings. The molecule has 0 aliphatic carbocycles. The summed E-state index contributed by atoms with van der Waals surface area (Å²) < 4.78 is 29.6. The molecule has 2 heterocycles.